The Morgan fingerprint density at radius 3 is 2.28 bits per heavy atom. The van der Waals surface area contributed by atoms with Gasteiger partial charge < -0.3 is 4.74 Å². The maximum Gasteiger partial charge on any atom is 0.126 e. The second-order valence-corrected chi connectivity index (χ2v) is 7.58. The summed E-state index contributed by atoms with van der Waals surface area (Å²) in [5.41, 5.74) is 6.03. The van der Waals surface area contributed by atoms with Crippen molar-refractivity contribution < 1.29 is 4.74 Å². The number of rotatable bonds is 6. The van der Waals surface area contributed by atoms with E-state index >= 15 is 0 Å². The highest BCUT2D eigenvalue weighted by Crippen LogP contribution is 2.41. The summed E-state index contributed by atoms with van der Waals surface area (Å²) in [6, 6.07) is 6.45. The van der Waals surface area contributed by atoms with Crippen molar-refractivity contribution in [2.45, 2.75) is 65.2 Å². The quantitative estimate of drug-likeness (QED) is 0.462. The molecule has 134 valence electrons. The van der Waals surface area contributed by atoms with E-state index in [1.165, 1.54) is 55.2 Å². The second-order valence-electron chi connectivity index (χ2n) is 7.58. The summed E-state index contributed by atoms with van der Waals surface area (Å²) in [5.74, 6) is 2.20. The average Bonchev–Trinajstić information content (AvgIpc) is 2.48. The van der Waals surface area contributed by atoms with Gasteiger partial charge in [-0.1, -0.05) is 25.0 Å². The molecule has 1 aromatic carbocycles. The van der Waals surface area contributed by atoms with Crippen LogP contribution >= 0.6 is 0 Å². The smallest absolute Gasteiger partial charge is 0.126 e. The predicted molar refractivity (Wildman–Crippen MR) is 107 cm³/mol. The number of benzene rings is 1. The molecule has 25 heavy (non-hydrogen) atoms. The maximum absolute atomic E-state index is 5.67. The van der Waals surface area contributed by atoms with Gasteiger partial charge in [0.05, 0.1) is 12.8 Å². The molecule has 3 heteroatoms. The zero-order valence-electron chi connectivity index (χ0n) is 16.0. The summed E-state index contributed by atoms with van der Waals surface area (Å²) in [6.45, 7) is 6.17. The Labute approximate surface area is 151 Å². The zero-order chi connectivity index (χ0) is 17.8. The number of hydrogen-bond donors (Lipinski definition) is 0. The molecule has 3 rings (SSSR count). The molecule has 0 bridgehead atoms. The van der Waals surface area contributed by atoms with Crippen LogP contribution < -0.4 is 4.74 Å². The second kappa shape index (κ2) is 7.99. The van der Waals surface area contributed by atoms with Crippen molar-refractivity contribution in [1.82, 2.24) is 0 Å². The lowest BCUT2D eigenvalue weighted by Gasteiger charge is -2.29. The Morgan fingerprint density at radius 1 is 1.04 bits per heavy atom. The van der Waals surface area contributed by atoms with Crippen molar-refractivity contribution in [3.63, 3.8) is 0 Å². The van der Waals surface area contributed by atoms with Crippen molar-refractivity contribution >= 4 is 17.5 Å². The first-order chi connectivity index (χ1) is 12.1. The topological polar surface area (TPSA) is 34.0 Å². The number of ether oxygens (including phenoxy) is 1. The van der Waals surface area contributed by atoms with E-state index in [4.69, 9.17) is 4.74 Å². The summed E-state index contributed by atoms with van der Waals surface area (Å²) in [4.78, 5) is 0. The summed E-state index contributed by atoms with van der Waals surface area (Å²) in [5, 5.41) is 8.95. The molecule has 2 aliphatic rings. The molecule has 2 saturated carbocycles. The van der Waals surface area contributed by atoms with Crippen molar-refractivity contribution in [3.05, 3.63) is 34.9 Å². The molecule has 0 heterocycles. The molecule has 0 spiro atoms. The minimum absolute atomic E-state index is 0.557. The summed E-state index contributed by atoms with van der Waals surface area (Å²) >= 11 is 0. The van der Waals surface area contributed by atoms with Gasteiger partial charge in [0.2, 0.25) is 0 Å². The lowest BCUT2D eigenvalue weighted by molar-refractivity contribution is 0.401. The van der Waals surface area contributed by atoms with Gasteiger partial charge in [-0.15, -0.1) is 0 Å². The molecule has 2 fully saturated rings. The molecule has 1 aromatic rings. The van der Waals surface area contributed by atoms with Gasteiger partial charge in [0.25, 0.3) is 0 Å². The van der Waals surface area contributed by atoms with Crippen LogP contribution in [0, 0.1) is 5.92 Å². The van der Waals surface area contributed by atoms with E-state index in [-0.39, 0.29) is 0 Å². The Kier molecular flexibility index (Phi) is 5.72. The van der Waals surface area contributed by atoms with Crippen LogP contribution in [0.2, 0.25) is 0 Å². The number of allylic oxidation sites excluding steroid dienone is 1. The Morgan fingerprint density at radius 2 is 1.76 bits per heavy atom. The van der Waals surface area contributed by atoms with Gasteiger partial charge in [-0.25, -0.2) is 0 Å². The van der Waals surface area contributed by atoms with Crippen molar-refractivity contribution in [2.24, 2.45) is 16.1 Å². The van der Waals surface area contributed by atoms with Crippen LogP contribution in [-0.2, 0) is 0 Å². The normalized spacial score (nSPS) is 19.2. The van der Waals surface area contributed by atoms with E-state index < -0.39 is 0 Å². The van der Waals surface area contributed by atoms with E-state index in [0.29, 0.717) is 11.8 Å². The van der Waals surface area contributed by atoms with Gasteiger partial charge in [0.1, 0.15) is 5.75 Å². The lowest BCUT2D eigenvalue weighted by Crippen LogP contribution is -2.23. The summed E-state index contributed by atoms with van der Waals surface area (Å²) in [6.07, 6.45) is 9.94. The molecule has 0 saturated heterocycles. The van der Waals surface area contributed by atoms with Crippen molar-refractivity contribution in [2.75, 3.05) is 7.11 Å². The minimum atomic E-state index is 0.557. The molecule has 2 aliphatic carbocycles. The number of hydrogen-bond acceptors (Lipinski definition) is 3. The van der Waals surface area contributed by atoms with Crippen molar-refractivity contribution in [3.8, 4) is 5.75 Å². The average molecular weight is 338 g/mol. The highest BCUT2D eigenvalue weighted by atomic mass is 16.5. The van der Waals surface area contributed by atoms with Gasteiger partial charge in [0.15, 0.2) is 0 Å². The number of nitrogens with zero attached hydrogens (tertiary/aromatic N) is 2. The van der Waals surface area contributed by atoms with Gasteiger partial charge in [0, 0.05) is 17.2 Å². The third-order valence-electron chi connectivity index (χ3n) is 5.48. The first-order valence-electron chi connectivity index (χ1n) is 9.54. The molecule has 0 radical (unpaired) electrons. The van der Waals surface area contributed by atoms with Crippen LogP contribution in [0.1, 0.15) is 76.3 Å². The van der Waals surface area contributed by atoms with E-state index in [0.717, 1.165) is 17.2 Å². The van der Waals surface area contributed by atoms with Crippen LogP contribution in [0.5, 0.6) is 5.75 Å². The standard InChI is InChI=1S/C22H30N2O/c1-15(2)23-24-22(18-10-6-11-18)16(3)14-20-19(17-8-5-9-17)12-7-13-21(20)25-4/h7,12-14,17-18H,5-6,8-11H2,1-4H3/b16-14+,24-22-. The molecule has 3 nitrogen and oxygen atoms in total. The van der Waals surface area contributed by atoms with Gasteiger partial charge in [-0.3, -0.25) is 0 Å². The molecular weight excluding hydrogens is 308 g/mol. The van der Waals surface area contributed by atoms with Gasteiger partial charge in [-0.2, -0.15) is 10.2 Å². The van der Waals surface area contributed by atoms with Gasteiger partial charge in [-0.05, 0) is 75.7 Å². The first-order valence-corrected chi connectivity index (χ1v) is 9.54. The molecule has 0 aromatic heterocycles. The molecule has 0 aliphatic heterocycles. The predicted octanol–water partition coefficient (Wildman–Crippen LogP) is 6.00. The van der Waals surface area contributed by atoms with E-state index in [1.807, 2.05) is 13.8 Å². The van der Waals surface area contributed by atoms with Crippen LogP contribution in [0.15, 0.2) is 34.0 Å². The summed E-state index contributed by atoms with van der Waals surface area (Å²) in [7, 11) is 1.76. The largest absolute Gasteiger partial charge is 0.496 e. The third-order valence-corrected chi connectivity index (χ3v) is 5.48. The SMILES string of the molecule is COc1cccc(C2CCC2)c1/C=C(C)/C(=N/N=C(C)C)C1CCC1. The fourth-order valence-electron chi connectivity index (χ4n) is 3.58. The number of methoxy groups -OCH3 is 1. The fraction of sp³-hybridized carbons (Fsp3) is 0.545. The Balaban J connectivity index is 1.99. The van der Waals surface area contributed by atoms with Crippen molar-refractivity contribution in [1.29, 1.82) is 0 Å². The minimum Gasteiger partial charge on any atom is -0.496 e. The highest BCUT2D eigenvalue weighted by Gasteiger charge is 2.26. The zero-order valence-corrected chi connectivity index (χ0v) is 16.0. The third kappa shape index (κ3) is 4.02. The van der Waals surface area contributed by atoms with Crippen LogP contribution in [0.25, 0.3) is 6.08 Å². The molecule has 0 amide bonds. The summed E-state index contributed by atoms with van der Waals surface area (Å²) < 4.78 is 5.67. The first kappa shape index (κ1) is 17.9. The van der Waals surface area contributed by atoms with Crippen LogP contribution in [0.4, 0.5) is 0 Å². The van der Waals surface area contributed by atoms with E-state index in [1.54, 1.807) is 7.11 Å². The van der Waals surface area contributed by atoms with Gasteiger partial charge >= 0.3 is 0 Å². The van der Waals surface area contributed by atoms with Crippen LogP contribution in [-0.4, -0.2) is 18.5 Å². The molecular formula is C22H30N2O. The van der Waals surface area contributed by atoms with E-state index in [9.17, 15) is 0 Å². The van der Waals surface area contributed by atoms with E-state index in [2.05, 4.69) is 41.4 Å². The molecule has 0 unspecified atom stereocenters. The molecule has 0 N–H and O–H groups in total. The molecule has 0 atom stereocenters. The Bertz CT molecular complexity index is 703. The monoisotopic (exact) mass is 338 g/mol. The highest BCUT2D eigenvalue weighted by molar-refractivity contribution is 6.05. The maximum atomic E-state index is 5.67. The van der Waals surface area contributed by atoms with Crippen LogP contribution in [0.3, 0.4) is 0 Å². The lowest BCUT2D eigenvalue weighted by atomic mass is 9.76. The fourth-order valence-corrected chi connectivity index (χ4v) is 3.58. The Hall–Kier alpha value is -1.90.